The van der Waals surface area contributed by atoms with Gasteiger partial charge in [-0.15, -0.1) is 0 Å². The van der Waals surface area contributed by atoms with Gasteiger partial charge < -0.3 is 5.73 Å². The minimum absolute atomic E-state index is 0.0493. The first kappa shape index (κ1) is 9.71. The van der Waals surface area contributed by atoms with E-state index in [9.17, 15) is 4.79 Å². The van der Waals surface area contributed by atoms with Gasteiger partial charge in [-0.25, -0.2) is 4.98 Å². The number of hydrogen-bond donors (Lipinski definition) is 1. The highest BCUT2D eigenvalue weighted by Crippen LogP contribution is 2.21. The maximum absolute atomic E-state index is 11.4. The number of imidazole rings is 1. The molecule has 0 bridgehead atoms. The Labute approximate surface area is 87.7 Å². The minimum atomic E-state index is -0.0493. The topological polar surface area (TPSA) is 60.4 Å². The average Bonchev–Trinajstić information content (AvgIpc) is 2.51. The lowest BCUT2D eigenvalue weighted by Crippen LogP contribution is -2.04. The zero-order valence-electron chi connectivity index (χ0n) is 9.03. The van der Waals surface area contributed by atoms with E-state index in [1.54, 1.807) is 0 Å². The Balaban J connectivity index is 2.98. The molecule has 0 atom stereocenters. The van der Waals surface area contributed by atoms with Crippen LogP contribution in [0.5, 0.6) is 0 Å². The molecule has 4 nitrogen and oxygen atoms in total. The zero-order chi connectivity index (χ0) is 11.2. The second-order valence-electron chi connectivity index (χ2n) is 3.69. The van der Waals surface area contributed by atoms with Gasteiger partial charge in [0.05, 0.1) is 16.9 Å². The number of fused-ring (bicyclic) bond motifs is 1. The smallest absolute Gasteiger partial charge is 0.195 e. The third kappa shape index (κ3) is 1.29. The van der Waals surface area contributed by atoms with Crippen LogP contribution in [0.3, 0.4) is 0 Å². The quantitative estimate of drug-likeness (QED) is 0.718. The highest BCUT2D eigenvalue weighted by Gasteiger charge is 2.14. The lowest BCUT2D eigenvalue weighted by Gasteiger charge is -2.05. The molecule has 0 aliphatic carbocycles. The van der Waals surface area contributed by atoms with Crippen molar-refractivity contribution in [3.05, 3.63) is 29.3 Å². The predicted molar refractivity (Wildman–Crippen MR) is 59.1 cm³/mol. The first-order chi connectivity index (χ1) is 7.02. The third-order valence-electron chi connectivity index (χ3n) is 2.50. The summed E-state index contributed by atoms with van der Waals surface area (Å²) in [7, 11) is 0. The van der Waals surface area contributed by atoms with Crippen molar-refractivity contribution in [2.45, 2.75) is 20.8 Å². The molecule has 0 amide bonds. The van der Waals surface area contributed by atoms with Gasteiger partial charge in [0, 0.05) is 12.6 Å². The second kappa shape index (κ2) is 3.08. The molecule has 15 heavy (non-hydrogen) atoms. The largest absolute Gasteiger partial charge is 0.397 e. The fourth-order valence-electron chi connectivity index (χ4n) is 1.81. The number of nitrogen functional groups attached to an aromatic ring is 1. The minimum Gasteiger partial charge on any atom is -0.397 e. The summed E-state index contributed by atoms with van der Waals surface area (Å²) in [5, 5.41) is 0. The molecule has 78 valence electrons. The van der Waals surface area contributed by atoms with Crippen LogP contribution in [0.25, 0.3) is 5.52 Å². The van der Waals surface area contributed by atoms with Crippen LogP contribution in [0.1, 0.15) is 28.9 Å². The normalized spacial score (nSPS) is 10.9. The summed E-state index contributed by atoms with van der Waals surface area (Å²) >= 11 is 0. The molecular formula is C11H13N3O. The summed E-state index contributed by atoms with van der Waals surface area (Å²) in [6, 6.07) is 3.72. The second-order valence-corrected chi connectivity index (χ2v) is 3.69. The number of nitrogens with zero attached hydrogens (tertiary/aromatic N) is 2. The lowest BCUT2D eigenvalue weighted by atomic mass is 10.2. The van der Waals surface area contributed by atoms with Gasteiger partial charge >= 0.3 is 0 Å². The van der Waals surface area contributed by atoms with Crippen LogP contribution in [-0.4, -0.2) is 15.2 Å². The van der Waals surface area contributed by atoms with E-state index in [0.29, 0.717) is 11.5 Å². The Hall–Kier alpha value is -1.84. The molecule has 2 N–H and O–H groups in total. The number of aryl methyl sites for hydroxylation is 2. The number of nitrogens with two attached hydrogens (primary N) is 1. The number of Topliss-reactive ketones (excluding diaryl/α,β-unsaturated/α-hetero) is 1. The van der Waals surface area contributed by atoms with Crippen molar-refractivity contribution in [2.75, 3.05) is 5.73 Å². The van der Waals surface area contributed by atoms with Crippen molar-refractivity contribution in [1.29, 1.82) is 0 Å². The van der Waals surface area contributed by atoms with Crippen LogP contribution in [0, 0.1) is 13.8 Å². The summed E-state index contributed by atoms with van der Waals surface area (Å²) in [6.07, 6.45) is 0. The molecule has 0 radical (unpaired) electrons. The molecule has 0 aliphatic rings. The Morgan fingerprint density at radius 1 is 1.40 bits per heavy atom. The molecule has 2 heterocycles. The Morgan fingerprint density at radius 3 is 2.67 bits per heavy atom. The molecule has 2 aromatic rings. The van der Waals surface area contributed by atoms with Crippen LogP contribution in [0.4, 0.5) is 5.69 Å². The highest BCUT2D eigenvalue weighted by atomic mass is 16.1. The van der Waals surface area contributed by atoms with E-state index < -0.39 is 0 Å². The molecule has 4 heteroatoms. The van der Waals surface area contributed by atoms with E-state index in [2.05, 4.69) is 4.98 Å². The standard InChI is InChI=1S/C11H13N3O/c1-6-4-5-9(12)10-7(2)13-11(8(3)15)14(6)10/h4-5H,12H2,1-3H3. The van der Waals surface area contributed by atoms with Crippen LogP contribution in [0.2, 0.25) is 0 Å². The molecule has 0 aromatic carbocycles. The monoisotopic (exact) mass is 203 g/mol. The van der Waals surface area contributed by atoms with Gasteiger partial charge in [-0.1, -0.05) is 0 Å². The van der Waals surface area contributed by atoms with E-state index in [-0.39, 0.29) is 5.78 Å². The van der Waals surface area contributed by atoms with E-state index in [4.69, 9.17) is 5.73 Å². The Bertz CT molecular complexity index is 554. The number of carbonyl (C=O) groups excluding carboxylic acids is 1. The summed E-state index contributed by atoms with van der Waals surface area (Å²) in [5.41, 5.74) is 9.11. The fraction of sp³-hybridized carbons (Fsp3) is 0.273. The van der Waals surface area contributed by atoms with Gasteiger partial charge in [0.25, 0.3) is 0 Å². The number of anilines is 1. The summed E-state index contributed by atoms with van der Waals surface area (Å²) in [5.74, 6) is 0.402. The maximum Gasteiger partial charge on any atom is 0.195 e. The Kier molecular flexibility index (Phi) is 2.00. The molecule has 2 rings (SSSR count). The van der Waals surface area contributed by atoms with Crippen molar-refractivity contribution < 1.29 is 4.79 Å². The molecule has 0 fully saturated rings. The number of pyridine rings is 1. The van der Waals surface area contributed by atoms with Crippen molar-refractivity contribution in [3.63, 3.8) is 0 Å². The average molecular weight is 203 g/mol. The molecular weight excluding hydrogens is 190 g/mol. The van der Waals surface area contributed by atoms with Gasteiger partial charge in [-0.05, 0) is 26.0 Å². The predicted octanol–water partition coefficient (Wildman–Crippen LogP) is 1.74. The van der Waals surface area contributed by atoms with Crippen molar-refractivity contribution >= 4 is 17.0 Å². The number of ketones is 1. The van der Waals surface area contributed by atoms with Gasteiger partial charge in [-0.3, -0.25) is 9.20 Å². The third-order valence-corrected chi connectivity index (χ3v) is 2.50. The molecule has 0 saturated carbocycles. The zero-order valence-corrected chi connectivity index (χ0v) is 9.03. The molecule has 0 spiro atoms. The summed E-state index contributed by atoms with van der Waals surface area (Å²) in [4.78, 5) is 15.7. The van der Waals surface area contributed by atoms with Gasteiger partial charge in [-0.2, -0.15) is 0 Å². The van der Waals surface area contributed by atoms with Crippen LogP contribution >= 0.6 is 0 Å². The van der Waals surface area contributed by atoms with Crippen LogP contribution < -0.4 is 5.73 Å². The number of hydrogen-bond acceptors (Lipinski definition) is 3. The highest BCUT2D eigenvalue weighted by molar-refractivity contribution is 5.93. The number of rotatable bonds is 1. The van der Waals surface area contributed by atoms with Crippen molar-refractivity contribution in [1.82, 2.24) is 9.38 Å². The molecule has 0 unspecified atom stereocenters. The van der Waals surface area contributed by atoms with Crippen LogP contribution in [0.15, 0.2) is 12.1 Å². The van der Waals surface area contributed by atoms with E-state index >= 15 is 0 Å². The fourth-order valence-corrected chi connectivity index (χ4v) is 1.81. The van der Waals surface area contributed by atoms with Gasteiger partial charge in [0.15, 0.2) is 11.6 Å². The summed E-state index contributed by atoms with van der Waals surface area (Å²) < 4.78 is 1.81. The van der Waals surface area contributed by atoms with E-state index in [0.717, 1.165) is 16.9 Å². The van der Waals surface area contributed by atoms with Gasteiger partial charge in [0.1, 0.15) is 0 Å². The van der Waals surface area contributed by atoms with Crippen molar-refractivity contribution in [2.24, 2.45) is 0 Å². The SMILES string of the molecule is CC(=O)c1nc(C)c2c(N)ccc(C)n12. The number of carbonyl (C=O) groups is 1. The first-order valence-corrected chi connectivity index (χ1v) is 4.77. The lowest BCUT2D eigenvalue weighted by molar-refractivity contribution is 0.100. The maximum atomic E-state index is 11.4. The summed E-state index contributed by atoms with van der Waals surface area (Å²) in [6.45, 7) is 5.30. The van der Waals surface area contributed by atoms with Gasteiger partial charge in [0.2, 0.25) is 0 Å². The molecule has 2 aromatic heterocycles. The van der Waals surface area contributed by atoms with Crippen molar-refractivity contribution in [3.8, 4) is 0 Å². The van der Waals surface area contributed by atoms with Crippen LogP contribution in [-0.2, 0) is 0 Å². The molecule has 0 saturated heterocycles. The molecule has 0 aliphatic heterocycles. The Morgan fingerprint density at radius 2 is 2.07 bits per heavy atom. The van der Waals surface area contributed by atoms with E-state index in [1.165, 1.54) is 6.92 Å². The van der Waals surface area contributed by atoms with E-state index in [1.807, 2.05) is 30.4 Å². The number of aromatic nitrogens is 2. The first-order valence-electron chi connectivity index (χ1n) is 4.77.